The van der Waals surface area contributed by atoms with Crippen molar-refractivity contribution in [2.24, 2.45) is 5.92 Å². The number of benzene rings is 1. The van der Waals surface area contributed by atoms with Crippen molar-refractivity contribution < 1.29 is 14.3 Å². The Morgan fingerprint density at radius 2 is 1.89 bits per heavy atom. The second kappa shape index (κ2) is 10.8. The number of pyridine rings is 2. The van der Waals surface area contributed by atoms with E-state index in [0.717, 1.165) is 53.2 Å². The Hall–Kier alpha value is -4.25. The number of carbonyl (C=O) groups is 2. The van der Waals surface area contributed by atoms with E-state index in [9.17, 15) is 9.59 Å². The molecular formula is C29H31N5O3. The van der Waals surface area contributed by atoms with Gasteiger partial charge in [-0.2, -0.15) is 5.26 Å². The number of nitrogens with one attached hydrogen (secondary N) is 2. The summed E-state index contributed by atoms with van der Waals surface area (Å²) in [7, 11) is 0. The van der Waals surface area contributed by atoms with Crippen LogP contribution in [0.15, 0.2) is 54.4 Å². The summed E-state index contributed by atoms with van der Waals surface area (Å²) in [5, 5.41) is 16.5. The molecule has 0 radical (unpaired) electrons. The van der Waals surface area contributed by atoms with Crippen LogP contribution < -0.4 is 10.6 Å². The normalized spacial score (nSPS) is 15.5. The summed E-state index contributed by atoms with van der Waals surface area (Å²) in [5.74, 6) is 0.265. The maximum Gasteiger partial charge on any atom is 0.412 e. The highest BCUT2D eigenvalue weighted by molar-refractivity contribution is 6.03. The molecule has 0 bridgehead atoms. The summed E-state index contributed by atoms with van der Waals surface area (Å²) in [5.41, 5.74) is 3.35. The number of hydrogen-bond acceptors (Lipinski definition) is 6. The van der Waals surface area contributed by atoms with Gasteiger partial charge in [0.25, 0.3) is 0 Å². The van der Waals surface area contributed by atoms with Crippen LogP contribution in [-0.4, -0.2) is 27.6 Å². The first-order valence-electron chi connectivity index (χ1n) is 12.4. The van der Waals surface area contributed by atoms with Gasteiger partial charge in [0.15, 0.2) is 0 Å². The molecule has 2 amide bonds. The van der Waals surface area contributed by atoms with Crippen LogP contribution in [0, 0.1) is 24.2 Å². The molecule has 190 valence electrons. The number of ether oxygens (including phenoxy) is 1. The smallest absolute Gasteiger partial charge is 0.412 e. The van der Waals surface area contributed by atoms with Crippen LogP contribution in [-0.2, 0) is 9.53 Å². The Balaban J connectivity index is 1.59. The van der Waals surface area contributed by atoms with E-state index in [-0.39, 0.29) is 11.8 Å². The summed E-state index contributed by atoms with van der Waals surface area (Å²) in [6.07, 6.45) is 7.54. The van der Waals surface area contributed by atoms with Gasteiger partial charge in [0.2, 0.25) is 5.91 Å². The number of rotatable bonds is 4. The highest BCUT2D eigenvalue weighted by Gasteiger charge is 2.19. The van der Waals surface area contributed by atoms with Gasteiger partial charge in [0, 0.05) is 35.3 Å². The fourth-order valence-corrected chi connectivity index (χ4v) is 4.41. The Kier molecular flexibility index (Phi) is 7.53. The number of aryl methyl sites for hydroxylation is 1. The Morgan fingerprint density at radius 1 is 1.14 bits per heavy atom. The molecule has 1 aliphatic rings. The molecule has 2 heterocycles. The summed E-state index contributed by atoms with van der Waals surface area (Å²) in [4.78, 5) is 34.2. The molecule has 2 aromatic heterocycles. The quantitative estimate of drug-likeness (QED) is 0.396. The standard InChI is InChI=1S/C29H31N5O3/c1-18-12-13-31-27(34-25(35)14-19-8-10-20(16-30)11-9-19)26(18)24-15-21-6-5-7-23(22(21)17-32-24)33-28(36)37-29(2,3)4/h5-7,12-15,17,20H,8-11H2,1-4H3,(H,33,36)(H,31,34,35). The molecule has 37 heavy (non-hydrogen) atoms. The number of fused-ring (bicyclic) bond motifs is 1. The molecule has 0 unspecified atom stereocenters. The third-order valence-electron chi connectivity index (χ3n) is 6.20. The molecule has 4 rings (SSSR count). The average molecular weight is 498 g/mol. The lowest BCUT2D eigenvalue weighted by Gasteiger charge is -2.20. The van der Waals surface area contributed by atoms with E-state index in [1.807, 2.05) is 52.0 Å². The molecule has 1 aromatic carbocycles. The van der Waals surface area contributed by atoms with Crippen LogP contribution in [0.5, 0.6) is 0 Å². The zero-order valence-electron chi connectivity index (χ0n) is 21.6. The lowest BCUT2D eigenvalue weighted by Crippen LogP contribution is -2.27. The van der Waals surface area contributed by atoms with Crippen LogP contribution in [0.1, 0.15) is 52.0 Å². The maximum absolute atomic E-state index is 12.8. The van der Waals surface area contributed by atoms with Crippen molar-refractivity contribution in [2.45, 2.75) is 59.0 Å². The van der Waals surface area contributed by atoms with Crippen LogP contribution >= 0.6 is 0 Å². The summed E-state index contributed by atoms with van der Waals surface area (Å²) in [6.45, 7) is 7.38. The van der Waals surface area contributed by atoms with E-state index in [1.54, 1.807) is 24.5 Å². The molecule has 1 fully saturated rings. The summed E-state index contributed by atoms with van der Waals surface area (Å²) < 4.78 is 5.38. The van der Waals surface area contributed by atoms with E-state index in [0.29, 0.717) is 17.2 Å². The fraction of sp³-hybridized carbons (Fsp3) is 0.345. The topological polar surface area (TPSA) is 117 Å². The van der Waals surface area contributed by atoms with Crippen LogP contribution in [0.2, 0.25) is 0 Å². The van der Waals surface area contributed by atoms with Crippen molar-refractivity contribution >= 4 is 34.3 Å². The summed E-state index contributed by atoms with van der Waals surface area (Å²) in [6, 6.07) is 11.7. The molecule has 0 spiro atoms. The average Bonchev–Trinajstić information content (AvgIpc) is 2.83. The van der Waals surface area contributed by atoms with Gasteiger partial charge in [0.05, 0.1) is 17.5 Å². The number of hydrogen-bond donors (Lipinski definition) is 2. The molecular weight excluding hydrogens is 466 g/mol. The van der Waals surface area contributed by atoms with Gasteiger partial charge < -0.3 is 10.1 Å². The van der Waals surface area contributed by atoms with E-state index in [4.69, 9.17) is 10.00 Å². The molecule has 3 aromatic rings. The van der Waals surface area contributed by atoms with E-state index >= 15 is 0 Å². The van der Waals surface area contributed by atoms with Gasteiger partial charge in [-0.1, -0.05) is 17.7 Å². The molecule has 0 aliphatic heterocycles. The van der Waals surface area contributed by atoms with E-state index in [1.165, 1.54) is 0 Å². The van der Waals surface area contributed by atoms with Gasteiger partial charge in [0.1, 0.15) is 11.4 Å². The Morgan fingerprint density at radius 3 is 2.59 bits per heavy atom. The van der Waals surface area contributed by atoms with Gasteiger partial charge in [-0.25, -0.2) is 9.78 Å². The SMILES string of the molecule is Cc1ccnc(NC(=O)C=C2CCC(C#N)CC2)c1-c1cc2cccc(NC(=O)OC(C)(C)C)c2cn1. The fourth-order valence-electron chi connectivity index (χ4n) is 4.41. The predicted molar refractivity (Wildman–Crippen MR) is 144 cm³/mol. The largest absolute Gasteiger partial charge is 0.444 e. The zero-order valence-corrected chi connectivity index (χ0v) is 21.6. The van der Waals surface area contributed by atoms with E-state index < -0.39 is 11.7 Å². The molecule has 0 saturated heterocycles. The first-order chi connectivity index (χ1) is 17.6. The lowest BCUT2D eigenvalue weighted by atomic mass is 9.86. The molecule has 8 nitrogen and oxygen atoms in total. The van der Waals surface area contributed by atoms with Crippen molar-refractivity contribution in [3.8, 4) is 17.3 Å². The monoisotopic (exact) mass is 497 g/mol. The van der Waals surface area contributed by atoms with Crippen molar-refractivity contribution in [3.05, 3.63) is 59.9 Å². The third kappa shape index (κ3) is 6.50. The zero-order chi connectivity index (χ0) is 26.6. The minimum atomic E-state index is -0.606. The minimum Gasteiger partial charge on any atom is -0.444 e. The highest BCUT2D eigenvalue weighted by atomic mass is 16.6. The van der Waals surface area contributed by atoms with E-state index in [2.05, 4.69) is 26.7 Å². The number of carbonyl (C=O) groups excluding carboxylic acids is 2. The second-order valence-corrected chi connectivity index (χ2v) is 10.3. The predicted octanol–water partition coefficient (Wildman–Crippen LogP) is 6.53. The number of anilines is 2. The molecule has 1 aliphatic carbocycles. The van der Waals surface area contributed by atoms with Crippen molar-refractivity contribution in [1.82, 2.24) is 9.97 Å². The first-order valence-corrected chi connectivity index (χ1v) is 12.4. The number of nitrogens with zero attached hydrogens (tertiary/aromatic N) is 3. The molecule has 1 saturated carbocycles. The minimum absolute atomic E-state index is 0.0732. The molecule has 0 atom stereocenters. The van der Waals surface area contributed by atoms with Crippen molar-refractivity contribution in [1.29, 1.82) is 5.26 Å². The summed E-state index contributed by atoms with van der Waals surface area (Å²) >= 11 is 0. The maximum atomic E-state index is 12.8. The van der Waals surface area contributed by atoms with Crippen molar-refractivity contribution in [3.63, 3.8) is 0 Å². The highest BCUT2D eigenvalue weighted by Crippen LogP contribution is 2.33. The third-order valence-corrected chi connectivity index (χ3v) is 6.20. The molecule has 8 heteroatoms. The van der Waals surface area contributed by atoms with Crippen LogP contribution in [0.3, 0.4) is 0 Å². The lowest BCUT2D eigenvalue weighted by molar-refractivity contribution is -0.112. The number of nitriles is 1. The first kappa shape index (κ1) is 25.8. The van der Waals surface area contributed by atoms with Gasteiger partial charge in [-0.15, -0.1) is 0 Å². The Labute approximate surface area is 216 Å². The van der Waals surface area contributed by atoms with Gasteiger partial charge in [-0.3, -0.25) is 15.1 Å². The Bertz CT molecular complexity index is 1410. The van der Waals surface area contributed by atoms with Gasteiger partial charge in [-0.05, 0) is 82.5 Å². The second-order valence-electron chi connectivity index (χ2n) is 10.3. The van der Waals surface area contributed by atoms with Crippen molar-refractivity contribution in [2.75, 3.05) is 10.6 Å². The molecule has 2 N–H and O–H groups in total. The number of aromatic nitrogens is 2. The van der Waals surface area contributed by atoms with Gasteiger partial charge >= 0.3 is 6.09 Å². The van der Waals surface area contributed by atoms with Crippen LogP contribution in [0.4, 0.5) is 16.3 Å². The van der Waals surface area contributed by atoms with Crippen LogP contribution in [0.25, 0.3) is 22.0 Å². The number of amides is 2. The number of allylic oxidation sites excluding steroid dienone is 1.